The van der Waals surface area contributed by atoms with Gasteiger partial charge in [0.1, 0.15) is 6.29 Å². The Hall–Kier alpha value is -1.31. The van der Waals surface area contributed by atoms with Gasteiger partial charge in [-0.3, -0.25) is 0 Å². The van der Waals surface area contributed by atoms with Gasteiger partial charge in [-0.05, 0) is 43.8 Å². The highest BCUT2D eigenvalue weighted by Crippen LogP contribution is 2.27. The van der Waals surface area contributed by atoms with Gasteiger partial charge in [-0.2, -0.15) is 0 Å². The van der Waals surface area contributed by atoms with Crippen molar-refractivity contribution in [2.75, 3.05) is 0 Å². The zero-order chi connectivity index (χ0) is 14.8. The maximum atomic E-state index is 11.3. The molecular weight excluding hydrogens is 258 g/mol. The summed E-state index contributed by atoms with van der Waals surface area (Å²) >= 11 is 0. The quantitative estimate of drug-likeness (QED) is 0.733. The highest BCUT2D eigenvalue weighted by Gasteiger charge is 2.17. The van der Waals surface area contributed by atoms with Gasteiger partial charge in [-0.25, -0.2) is 0 Å². The van der Waals surface area contributed by atoms with Crippen LogP contribution in [0.2, 0.25) is 0 Å². The molecule has 0 saturated heterocycles. The topological polar surface area (TPSA) is 29.1 Å². The van der Waals surface area contributed by atoms with Crippen molar-refractivity contribution in [1.82, 2.24) is 5.32 Å². The van der Waals surface area contributed by atoms with Crippen molar-refractivity contribution in [3.05, 3.63) is 36.2 Å². The summed E-state index contributed by atoms with van der Waals surface area (Å²) in [5, 5.41) is 3.43. The third-order valence-electron chi connectivity index (χ3n) is 4.74. The van der Waals surface area contributed by atoms with E-state index in [1.165, 1.54) is 56.9 Å². The first kappa shape index (κ1) is 16.1. The molecule has 0 spiro atoms. The monoisotopic (exact) mass is 287 g/mol. The normalized spacial score (nSPS) is 28.5. The number of rotatable bonds is 2. The zero-order valence-corrected chi connectivity index (χ0v) is 13.1. The van der Waals surface area contributed by atoms with E-state index in [2.05, 4.69) is 23.5 Å². The van der Waals surface area contributed by atoms with Crippen LogP contribution in [0.4, 0.5) is 0 Å². The lowest BCUT2D eigenvalue weighted by Crippen LogP contribution is -2.17. The summed E-state index contributed by atoms with van der Waals surface area (Å²) in [5.41, 5.74) is 1.32. The summed E-state index contributed by atoms with van der Waals surface area (Å²) in [7, 11) is 0. The number of hydrogen-bond donors (Lipinski definition) is 1. The Morgan fingerprint density at radius 2 is 1.62 bits per heavy atom. The van der Waals surface area contributed by atoms with Gasteiger partial charge in [0.15, 0.2) is 0 Å². The van der Waals surface area contributed by atoms with Gasteiger partial charge in [0.2, 0.25) is 0 Å². The first-order valence-electron chi connectivity index (χ1n) is 8.65. The molecule has 2 atom stereocenters. The number of aldehydes is 1. The molecular formula is C19H29NO. The van der Waals surface area contributed by atoms with Crippen molar-refractivity contribution in [1.29, 1.82) is 0 Å². The van der Waals surface area contributed by atoms with E-state index in [4.69, 9.17) is 0 Å². The molecule has 1 aliphatic carbocycles. The van der Waals surface area contributed by atoms with Crippen molar-refractivity contribution in [2.45, 2.75) is 64.2 Å². The van der Waals surface area contributed by atoms with E-state index in [1.54, 1.807) is 0 Å². The van der Waals surface area contributed by atoms with Crippen LogP contribution in [0.1, 0.15) is 64.2 Å². The van der Waals surface area contributed by atoms with Crippen molar-refractivity contribution in [2.24, 2.45) is 11.8 Å². The molecule has 1 fully saturated rings. The summed E-state index contributed by atoms with van der Waals surface area (Å²) in [6, 6.07) is 0. The second-order valence-electron chi connectivity index (χ2n) is 6.38. The Bertz CT molecular complexity index is 394. The molecule has 0 radical (unpaired) electrons. The Labute approximate surface area is 129 Å². The van der Waals surface area contributed by atoms with Crippen LogP contribution in [0, 0.1) is 11.8 Å². The molecule has 1 saturated carbocycles. The van der Waals surface area contributed by atoms with Crippen molar-refractivity contribution in [3.63, 3.8) is 0 Å². The van der Waals surface area contributed by atoms with Gasteiger partial charge in [-0.15, -0.1) is 0 Å². The summed E-state index contributed by atoms with van der Waals surface area (Å²) in [5.74, 6) is 0.837. The molecule has 2 aliphatic rings. The van der Waals surface area contributed by atoms with E-state index < -0.39 is 0 Å². The fraction of sp³-hybridized carbons (Fsp3) is 0.632. The SMILES string of the molecule is O=CC1CCCCCCCCC(C2=CC=CC=CN2)CC1. The molecule has 116 valence electrons. The molecule has 0 aromatic heterocycles. The smallest absolute Gasteiger partial charge is 0.123 e. The number of allylic oxidation sites excluding steroid dienone is 5. The molecule has 1 heterocycles. The zero-order valence-electron chi connectivity index (χ0n) is 13.1. The molecule has 2 unspecified atom stereocenters. The highest BCUT2D eigenvalue weighted by atomic mass is 16.1. The maximum Gasteiger partial charge on any atom is 0.123 e. The third-order valence-corrected chi connectivity index (χ3v) is 4.74. The summed E-state index contributed by atoms with van der Waals surface area (Å²) < 4.78 is 0. The van der Waals surface area contributed by atoms with E-state index >= 15 is 0 Å². The Morgan fingerprint density at radius 3 is 2.43 bits per heavy atom. The van der Waals surface area contributed by atoms with Gasteiger partial charge in [0, 0.05) is 17.8 Å². The molecule has 1 aliphatic heterocycles. The van der Waals surface area contributed by atoms with Crippen molar-refractivity contribution >= 4 is 6.29 Å². The van der Waals surface area contributed by atoms with Crippen LogP contribution in [-0.2, 0) is 4.79 Å². The van der Waals surface area contributed by atoms with E-state index in [0.717, 1.165) is 19.3 Å². The van der Waals surface area contributed by atoms with Gasteiger partial charge in [0.05, 0.1) is 0 Å². The minimum Gasteiger partial charge on any atom is -0.365 e. The fourth-order valence-electron chi connectivity index (χ4n) is 3.38. The minimum absolute atomic E-state index is 0.268. The number of hydrogen-bond acceptors (Lipinski definition) is 2. The van der Waals surface area contributed by atoms with Crippen LogP contribution in [0.25, 0.3) is 0 Å². The average molecular weight is 287 g/mol. The highest BCUT2D eigenvalue weighted by molar-refractivity contribution is 5.53. The number of carbonyl (C=O) groups excluding carboxylic acids is 1. The minimum atomic E-state index is 0.268. The van der Waals surface area contributed by atoms with Gasteiger partial charge in [-0.1, -0.05) is 50.7 Å². The molecule has 0 aromatic carbocycles. The van der Waals surface area contributed by atoms with Crippen molar-refractivity contribution in [3.8, 4) is 0 Å². The van der Waals surface area contributed by atoms with Crippen LogP contribution in [-0.4, -0.2) is 6.29 Å². The third kappa shape index (κ3) is 5.91. The molecule has 1 N–H and O–H groups in total. The molecule has 2 nitrogen and oxygen atoms in total. The average Bonchev–Trinajstić information content (AvgIpc) is 2.77. The summed E-state index contributed by atoms with van der Waals surface area (Å²) in [4.78, 5) is 11.3. The predicted molar refractivity (Wildman–Crippen MR) is 88.7 cm³/mol. The number of nitrogens with one attached hydrogen (secondary N) is 1. The van der Waals surface area contributed by atoms with Crippen molar-refractivity contribution < 1.29 is 4.79 Å². The molecule has 0 bridgehead atoms. The Kier molecular flexibility index (Phi) is 7.34. The fourth-order valence-corrected chi connectivity index (χ4v) is 3.38. The lowest BCUT2D eigenvalue weighted by atomic mass is 9.86. The second-order valence-corrected chi connectivity index (χ2v) is 6.38. The first-order chi connectivity index (χ1) is 10.4. The first-order valence-corrected chi connectivity index (χ1v) is 8.65. The van der Waals surface area contributed by atoms with Crippen LogP contribution in [0.5, 0.6) is 0 Å². The lowest BCUT2D eigenvalue weighted by molar-refractivity contribution is -0.111. The van der Waals surface area contributed by atoms with E-state index in [9.17, 15) is 4.79 Å². The molecule has 2 heteroatoms. The van der Waals surface area contributed by atoms with Crippen LogP contribution in [0.3, 0.4) is 0 Å². The second kappa shape index (κ2) is 9.59. The number of carbonyl (C=O) groups is 1. The van der Waals surface area contributed by atoms with E-state index in [1.807, 2.05) is 12.3 Å². The Balaban J connectivity index is 1.98. The lowest BCUT2D eigenvalue weighted by Gasteiger charge is -2.22. The predicted octanol–water partition coefficient (Wildman–Crippen LogP) is 4.89. The largest absolute Gasteiger partial charge is 0.365 e. The maximum absolute atomic E-state index is 11.3. The standard InChI is InChI=1S/C19H29NO/c21-16-17-10-6-3-1-2-4-7-11-18(14-13-17)19-12-8-5-9-15-20-19/h5,8-9,12,15-18,20H,1-4,6-7,10-11,13-14H2. The van der Waals surface area contributed by atoms with Gasteiger partial charge < -0.3 is 10.1 Å². The van der Waals surface area contributed by atoms with Crippen LogP contribution >= 0.6 is 0 Å². The molecule has 0 aromatic rings. The van der Waals surface area contributed by atoms with Gasteiger partial charge in [0.25, 0.3) is 0 Å². The Morgan fingerprint density at radius 1 is 0.857 bits per heavy atom. The van der Waals surface area contributed by atoms with Crippen LogP contribution < -0.4 is 5.32 Å². The molecule has 21 heavy (non-hydrogen) atoms. The van der Waals surface area contributed by atoms with Gasteiger partial charge >= 0.3 is 0 Å². The molecule has 2 rings (SSSR count). The van der Waals surface area contributed by atoms with E-state index in [-0.39, 0.29) is 5.92 Å². The summed E-state index contributed by atoms with van der Waals surface area (Å²) in [6.45, 7) is 0. The van der Waals surface area contributed by atoms with Crippen LogP contribution in [0.15, 0.2) is 36.2 Å². The van der Waals surface area contributed by atoms with E-state index in [0.29, 0.717) is 5.92 Å². The summed E-state index contributed by atoms with van der Waals surface area (Å²) in [6.07, 6.45) is 24.0. The molecule has 0 amide bonds.